The van der Waals surface area contributed by atoms with Gasteiger partial charge in [0.15, 0.2) is 0 Å². The predicted octanol–water partition coefficient (Wildman–Crippen LogP) is 2.44. The first kappa shape index (κ1) is 12.9. The summed E-state index contributed by atoms with van der Waals surface area (Å²) in [4.78, 5) is 0. The van der Waals surface area contributed by atoms with Crippen molar-refractivity contribution in [3.63, 3.8) is 0 Å². The second kappa shape index (κ2) is 6.39. The highest BCUT2D eigenvalue weighted by molar-refractivity contribution is 4.81. The van der Waals surface area contributed by atoms with Crippen LogP contribution in [0, 0.1) is 5.41 Å². The molecule has 0 aliphatic heterocycles. The molecule has 0 heterocycles. The van der Waals surface area contributed by atoms with Gasteiger partial charge in [-0.15, -0.1) is 0 Å². The molecule has 0 saturated carbocycles. The maximum absolute atomic E-state index is 5.06. The van der Waals surface area contributed by atoms with E-state index < -0.39 is 0 Å². The summed E-state index contributed by atoms with van der Waals surface area (Å²) in [5.41, 5.74) is 0.391. The fraction of sp³-hybridized carbons (Fsp3) is 1.00. The van der Waals surface area contributed by atoms with E-state index >= 15 is 0 Å². The third-order valence-electron chi connectivity index (χ3n) is 3.04. The molecule has 0 radical (unpaired) electrons. The van der Waals surface area contributed by atoms with E-state index in [4.69, 9.17) is 4.74 Å². The van der Waals surface area contributed by atoms with Gasteiger partial charge in [0.2, 0.25) is 0 Å². The molecule has 1 unspecified atom stereocenters. The van der Waals surface area contributed by atoms with Crippen LogP contribution in [0.25, 0.3) is 0 Å². The molecule has 1 atom stereocenters. The molecular weight excluding hydrogens is 162 g/mol. The molecule has 0 aromatic heterocycles. The molecule has 0 aromatic rings. The van der Waals surface area contributed by atoms with E-state index in [0.717, 1.165) is 13.0 Å². The zero-order chi connectivity index (χ0) is 10.3. The van der Waals surface area contributed by atoms with Crippen LogP contribution in [0.2, 0.25) is 0 Å². The van der Waals surface area contributed by atoms with Crippen LogP contribution in [-0.2, 0) is 4.74 Å². The highest BCUT2D eigenvalue weighted by Crippen LogP contribution is 2.27. The van der Waals surface area contributed by atoms with Crippen LogP contribution in [0.15, 0.2) is 0 Å². The summed E-state index contributed by atoms with van der Waals surface area (Å²) in [6.07, 6.45) is 3.56. The molecule has 13 heavy (non-hydrogen) atoms. The van der Waals surface area contributed by atoms with Crippen LogP contribution in [0.5, 0.6) is 0 Å². The predicted molar refractivity (Wildman–Crippen MR) is 58.0 cm³/mol. The Bertz CT molecular complexity index is 123. The van der Waals surface area contributed by atoms with E-state index in [1.165, 1.54) is 12.8 Å². The minimum Gasteiger partial charge on any atom is -0.385 e. The fourth-order valence-electron chi connectivity index (χ4n) is 1.60. The lowest BCUT2D eigenvalue weighted by Gasteiger charge is -2.33. The fourth-order valence-corrected chi connectivity index (χ4v) is 1.60. The van der Waals surface area contributed by atoms with Crippen LogP contribution in [0.3, 0.4) is 0 Å². The molecule has 2 nitrogen and oxygen atoms in total. The zero-order valence-electron chi connectivity index (χ0n) is 9.81. The Kier molecular flexibility index (Phi) is 6.35. The molecule has 0 bridgehead atoms. The van der Waals surface area contributed by atoms with Gasteiger partial charge in [-0.05, 0) is 31.7 Å². The van der Waals surface area contributed by atoms with Gasteiger partial charge in [-0.2, -0.15) is 0 Å². The molecule has 0 saturated heterocycles. The first-order valence-corrected chi connectivity index (χ1v) is 5.24. The van der Waals surface area contributed by atoms with Gasteiger partial charge in [0.1, 0.15) is 0 Å². The standard InChI is InChI=1S/C11H25NO/c1-6-11(2,3)10(12-4)8-7-9-13-5/h10,12H,6-9H2,1-5H3. The largest absolute Gasteiger partial charge is 0.385 e. The lowest BCUT2D eigenvalue weighted by atomic mass is 9.80. The summed E-state index contributed by atoms with van der Waals surface area (Å²) in [6, 6.07) is 0.604. The van der Waals surface area contributed by atoms with E-state index in [9.17, 15) is 0 Å². The van der Waals surface area contributed by atoms with Crippen molar-refractivity contribution in [1.82, 2.24) is 5.32 Å². The van der Waals surface area contributed by atoms with Gasteiger partial charge in [0.05, 0.1) is 0 Å². The number of rotatable bonds is 7. The molecule has 0 fully saturated rings. The first-order chi connectivity index (χ1) is 6.08. The monoisotopic (exact) mass is 187 g/mol. The smallest absolute Gasteiger partial charge is 0.0462 e. The van der Waals surface area contributed by atoms with Crippen molar-refractivity contribution in [3.8, 4) is 0 Å². The van der Waals surface area contributed by atoms with Crippen molar-refractivity contribution in [2.45, 2.75) is 46.1 Å². The Labute approximate surface area is 83.1 Å². The lowest BCUT2D eigenvalue weighted by molar-refractivity contribution is 0.169. The van der Waals surface area contributed by atoms with Crippen molar-refractivity contribution in [2.75, 3.05) is 20.8 Å². The van der Waals surface area contributed by atoms with Gasteiger partial charge in [-0.3, -0.25) is 0 Å². The van der Waals surface area contributed by atoms with Gasteiger partial charge < -0.3 is 10.1 Å². The second-order valence-electron chi connectivity index (χ2n) is 4.32. The molecule has 0 aliphatic carbocycles. The highest BCUT2D eigenvalue weighted by atomic mass is 16.5. The molecule has 1 N–H and O–H groups in total. The minimum atomic E-state index is 0.391. The summed E-state index contributed by atoms with van der Waals surface area (Å²) in [6.45, 7) is 7.76. The molecular formula is C11H25NO. The topological polar surface area (TPSA) is 21.3 Å². The van der Waals surface area contributed by atoms with E-state index in [2.05, 4.69) is 33.1 Å². The average Bonchev–Trinajstić information content (AvgIpc) is 2.12. The van der Waals surface area contributed by atoms with Crippen LogP contribution in [-0.4, -0.2) is 26.8 Å². The molecule has 0 rings (SSSR count). The number of methoxy groups -OCH3 is 1. The molecule has 0 amide bonds. The Hall–Kier alpha value is -0.0800. The van der Waals surface area contributed by atoms with Crippen LogP contribution in [0.4, 0.5) is 0 Å². The van der Waals surface area contributed by atoms with Gasteiger partial charge in [0.25, 0.3) is 0 Å². The number of ether oxygens (including phenoxy) is 1. The Morgan fingerprint density at radius 2 is 2.00 bits per heavy atom. The van der Waals surface area contributed by atoms with Crippen molar-refractivity contribution < 1.29 is 4.74 Å². The average molecular weight is 187 g/mol. The SMILES string of the molecule is CCC(C)(C)C(CCCOC)NC. The van der Waals surface area contributed by atoms with Crippen molar-refractivity contribution in [2.24, 2.45) is 5.41 Å². The molecule has 2 heteroatoms. The second-order valence-corrected chi connectivity index (χ2v) is 4.32. The molecule has 0 spiro atoms. The number of hydrogen-bond acceptors (Lipinski definition) is 2. The van der Waals surface area contributed by atoms with Gasteiger partial charge in [-0.25, -0.2) is 0 Å². The summed E-state index contributed by atoms with van der Waals surface area (Å²) >= 11 is 0. The number of nitrogens with one attached hydrogen (secondary N) is 1. The highest BCUT2D eigenvalue weighted by Gasteiger charge is 2.25. The van der Waals surface area contributed by atoms with Crippen molar-refractivity contribution in [3.05, 3.63) is 0 Å². The number of hydrogen-bond donors (Lipinski definition) is 1. The summed E-state index contributed by atoms with van der Waals surface area (Å²) in [5, 5.41) is 3.40. The Morgan fingerprint density at radius 1 is 1.38 bits per heavy atom. The van der Waals surface area contributed by atoms with Gasteiger partial charge >= 0.3 is 0 Å². The normalized spacial score (nSPS) is 14.5. The minimum absolute atomic E-state index is 0.391. The zero-order valence-corrected chi connectivity index (χ0v) is 9.81. The van der Waals surface area contributed by atoms with Crippen molar-refractivity contribution in [1.29, 1.82) is 0 Å². The molecule has 0 aromatic carbocycles. The summed E-state index contributed by atoms with van der Waals surface area (Å²) in [7, 11) is 3.81. The van der Waals surface area contributed by atoms with Crippen LogP contribution >= 0.6 is 0 Å². The van der Waals surface area contributed by atoms with Gasteiger partial charge in [-0.1, -0.05) is 20.8 Å². The summed E-state index contributed by atoms with van der Waals surface area (Å²) in [5.74, 6) is 0. The third kappa shape index (κ3) is 4.63. The first-order valence-electron chi connectivity index (χ1n) is 5.24. The van der Waals surface area contributed by atoms with E-state index in [1.54, 1.807) is 7.11 Å². The van der Waals surface area contributed by atoms with Gasteiger partial charge in [0, 0.05) is 19.8 Å². The van der Waals surface area contributed by atoms with E-state index in [0.29, 0.717) is 11.5 Å². The third-order valence-corrected chi connectivity index (χ3v) is 3.04. The Morgan fingerprint density at radius 3 is 2.38 bits per heavy atom. The molecule has 80 valence electrons. The van der Waals surface area contributed by atoms with E-state index in [-0.39, 0.29) is 0 Å². The quantitative estimate of drug-likeness (QED) is 0.618. The Balaban J connectivity index is 3.87. The van der Waals surface area contributed by atoms with Crippen LogP contribution in [0.1, 0.15) is 40.0 Å². The lowest BCUT2D eigenvalue weighted by Crippen LogP contribution is -2.39. The van der Waals surface area contributed by atoms with Crippen LogP contribution < -0.4 is 5.32 Å². The molecule has 0 aliphatic rings. The van der Waals surface area contributed by atoms with E-state index in [1.807, 2.05) is 0 Å². The maximum atomic E-state index is 5.06. The summed E-state index contributed by atoms with van der Waals surface area (Å²) < 4.78 is 5.06. The maximum Gasteiger partial charge on any atom is 0.0462 e. The van der Waals surface area contributed by atoms with Crippen molar-refractivity contribution >= 4 is 0 Å².